The summed E-state index contributed by atoms with van der Waals surface area (Å²) in [6.07, 6.45) is -0.324. The van der Waals surface area contributed by atoms with Crippen molar-refractivity contribution in [2.75, 3.05) is 19.8 Å². The molecule has 0 spiro atoms. The van der Waals surface area contributed by atoms with Crippen molar-refractivity contribution in [2.24, 2.45) is 0 Å². The van der Waals surface area contributed by atoms with Gasteiger partial charge in [0, 0.05) is 9.13 Å². The van der Waals surface area contributed by atoms with Crippen LogP contribution in [0.1, 0.15) is 11.9 Å². The summed E-state index contributed by atoms with van der Waals surface area (Å²) in [5.41, 5.74) is 0.936. The van der Waals surface area contributed by atoms with Crippen LogP contribution in [0.15, 0.2) is 18.2 Å². The summed E-state index contributed by atoms with van der Waals surface area (Å²) in [5.74, 6) is -0.468. The molecule has 92 valence electrons. The quantitative estimate of drug-likeness (QED) is 0.839. The molecule has 0 unspecified atom stereocenters. The third kappa shape index (κ3) is 3.30. The molecule has 1 aromatic rings. The second-order valence-electron chi connectivity index (χ2n) is 3.44. The van der Waals surface area contributed by atoms with Crippen molar-refractivity contribution in [1.29, 1.82) is 0 Å². The first kappa shape index (κ1) is 12.6. The lowest BCUT2D eigenvalue weighted by Gasteiger charge is -2.12. The Bertz CT molecular complexity index is 414. The van der Waals surface area contributed by atoms with E-state index >= 15 is 0 Å². The van der Waals surface area contributed by atoms with Gasteiger partial charge in [-0.3, -0.25) is 0 Å². The number of benzene rings is 1. The summed E-state index contributed by atoms with van der Waals surface area (Å²) < 4.78 is 16.8. The fraction of sp³-hybridized carbons (Fsp3) is 0.364. The van der Waals surface area contributed by atoms with E-state index in [4.69, 9.17) is 19.3 Å². The number of ether oxygens (including phenoxy) is 3. The molecule has 5 nitrogen and oxygen atoms in total. The molecule has 1 N–H and O–H groups in total. The standard InChI is InChI=1S/C11H11IO5/c12-9-5-7(17-6-10(13)14)1-2-8(9)11-15-3-4-16-11/h1-2,5,11H,3-4,6H2,(H,13,14). The van der Waals surface area contributed by atoms with Crippen molar-refractivity contribution >= 4 is 28.6 Å². The number of carboxylic acids is 1. The van der Waals surface area contributed by atoms with Gasteiger partial charge >= 0.3 is 5.97 Å². The Kier molecular flexibility index (Phi) is 4.19. The molecule has 0 aromatic heterocycles. The van der Waals surface area contributed by atoms with Gasteiger partial charge in [-0.2, -0.15) is 0 Å². The number of hydrogen-bond acceptors (Lipinski definition) is 4. The second kappa shape index (κ2) is 5.65. The molecule has 0 atom stereocenters. The van der Waals surface area contributed by atoms with E-state index in [9.17, 15) is 4.79 Å². The molecular weight excluding hydrogens is 339 g/mol. The molecule has 1 aromatic carbocycles. The average molecular weight is 350 g/mol. The first-order chi connectivity index (χ1) is 8.16. The molecule has 1 aliphatic rings. The minimum Gasteiger partial charge on any atom is -0.482 e. The van der Waals surface area contributed by atoms with Crippen LogP contribution in [-0.4, -0.2) is 30.9 Å². The summed E-state index contributed by atoms with van der Waals surface area (Å²) in [7, 11) is 0. The summed E-state index contributed by atoms with van der Waals surface area (Å²) in [6, 6.07) is 5.31. The lowest BCUT2D eigenvalue weighted by atomic mass is 10.2. The van der Waals surface area contributed by atoms with Crippen LogP contribution in [0.25, 0.3) is 0 Å². The molecule has 0 bridgehead atoms. The molecule has 1 fully saturated rings. The number of rotatable bonds is 4. The zero-order chi connectivity index (χ0) is 12.3. The van der Waals surface area contributed by atoms with Gasteiger partial charge in [0.2, 0.25) is 0 Å². The minimum absolute atomic E-state index is 0.324. The number of hydrogen-bond donors (Lipinski definition) is 1. The van der Waals surface area contributed by atoms with E-state index in [-0.39, 0.29) is 12.9 Å². The molecule has 0 aliphatic carbocycles. The first-order valence-electron chi connectivity index (χ1n) is 5.04. The average Bonchev–Trinajstić information content (AvgIpc) is 2.79. The van der Waals surface area contributed by atoms with E-state index in [2.05, 4.69) is 22.6 Å². The molecule has 6 heteroatoms. The molecule has 1 aliphatic heterocycles. The molecular formula is C11H11IO5. The van der Waals surface area contributed by atoms with E-state index in [1.165, 1.54) is 0 Å². The predicted octanol–water partition coefficient (Wildman–Crippen LogP) is 1.80. The van der Waals surface area contributed by atoms with Crippen molar-refractivity contribution in [2.45, 2.75) is 6.29 Å². The maximum absolute atomic E-state index is 10.4. The van der Waals surface area contributed by atoms with Crippen LogP contribution >= 0.6 is 22.6 Å². The fourth-order valence-electron chi connectivity index (χ4n) is 1.47. The Morgan fingerprint density at radius 1 is 1.47 bits per heavy atom. The Labute approximate surface area is 112 Å². The molecule has 17 heavy (non-hydrogen) atoms. The SMILES string of the molecule is O=C(O)COc1ccc(C2OCCO2)c(I)c1. The van der Waals surface area contributed by atoms with Crippen molar-refractivity contribution in [3.05, 3.63) is 27.3 Å². The normalized spacial score (nSPS) is 16.1. The number of halogens is 1. The second-order valence-corrected chi connectivity index (χ2v) is 4.60. The fourth-order valence-corrected chi connectivity index (χ4v) is 2.21. The highest BCUT2D eigenvalue weighted by Gasteiger charge is 2.20. The first-order valence-corrected chi connectivity index (χ1v) is 6.12. The lowest BCUT2D eigenvalue weighted by Crippen LogP contribution is -2.10. The van der Waals surface area contributed by atoms with E-state index in [0.717, 1.165) is 9.13 Å². The summed E-state index contributed by atoms with van der Waals surface area (Å²) in [5, 5.41) is 8.50. The van der Waals surface area contributed by atoms with Gasteiger partial charge in [0.25, 0.3) is 0 Å². The van der Waals surface area contributed by atoms with Gasteiger partial charge in [0.15, 0.2) is 12.9 Å². The summed E-state index contributed by atoms with van der Waals surface area (Å²) in [6.45, 7) is 0.849. The molecule has 0 radical (unpaired) electrons. The zero-order valence-electron chi connectivity index (χ0n) is 8.89. The minimum atomic E-state index is -0.994. The van der Waals surface area contributed by atoms with Crippen molar-refractivity contribution in [3.63, 3.8) is 0 Å². The van der Waals surface area contributed by atoms with E-state index in [1.807, 2.05) is 6.07 Å². The van der Waals surface area contributed by atoms with Gasteiger partial charge < -0.3 is 19.3 Å². The Morgan fingerprint density at radius 2 is 2.18 bits per heavy atom. The Balaban J connectivity index is 2.08. The zero-order valence-corrected chi connectivity index (χ0v) is 11.0. The van der Waals surface area contributed by atoms with Crippen LogP contribution in [-0.2, 0) is 14.3 Å². The van der Waals surface area contributed by atoms with Crippen molar-refractivity contribution < 1.29 is 24.1 Å². The van der Waals surface area contributed by atoms with Crippen LogP contribution in [0.3, 0.4) is 0 Å². The van der Waals surface area contributed by atoms with E-state index < -0.39 is 5.97 Å². The van der Waals surface area contributed by atoms with Gasteiger partial charge in [0.1, 0.15) is 5.75 Å². The molecule has 1 heterocycles. The van der Waals surface area contributed by atoms with Crippen LogP contribution in [0.5, 0.6) is 5.75 Å². The van der Waals surface area contributed by atoms with E-state index in [0.29, 0.717) is 19.0 Å². The van der Waals surface area contributed by atoms with Crippen LogP contribution in [0, 0.1) is 3.57 Å². The monoisotopic (exact) mass is 350 g/mol. The van der Waals surface area contributed by atoms with Gasteiger partial charge in [-0.15, -0.1) is 0 Å². The van der Waals surface area contributed by atoms with Gasteiger partial charge in [0.05, 0.1) is 13.2 Å². The topological polar surface area (TPSA) is 65.0 Å². The maximum Gasteiger partial charge on any atom is 0.341 e. The highest BCUT2D eigenvalue weighted by atomic mass is 127. The van der Waals surface area contributed by atoms with Crippen LogP contribution in [0.2, 0.25) is 0 Å². The molecule has 0 saturated carbocycles. The van der Waals surface area contributed by atoms with Crippen molar-refractivity contribution in [3.8, 4) is 5.75 Å². The Morgan fingerprint density at radius 3 is 2.76 bits per heavy atom. The maximum atomic E-state index is 10.4. The Hall–Kier alpha value is -0.860. The molecule has 2 rings (SSSR count). The summed E-state index contributed by atoms with van der Waals surface area (Å²) >= 11 is 2.15. The van der Waals surface area contributed by atoms with Crippen molar-refractivity contribution in [1.82, 2.24) is 0 Å². The smallest absolute Gasteiger partial charge is 0.341 e. The highest BCUT2D eigenvalue weighted by Crippen LogP contribution is 2.29. The van der Waals surface area contributed by atoms with Crippen LogP contribution in [0.4, 0.5) is 0 Å². The third-order valence-electron chi connectivity index (χ3n) is 2.21. The summed E-state index contributed by atoms with van der Waals surface area (Å²) in [4.78, 5) is 10.4. The number of carbonyl (C=O) groups is 1. The van der Waals surface area contributed by atoms with Gasteiger partial charge in [-0.25, -0.2) is 4.79 Å². The predicted molar refractivity (Wildman–Crippen MR) is 66.9 cm³/mol. The third-order valence-corrected chi connectivity index (χ3v) is 3.14. The highest BCUT2D eigenvalue weighted by molar-refractivity contribution is 14.1. The van der Waals surface area contributed by atoms with Crippen LogP contribution < -0.4 is 4.74 Å². The molecule has 0 amide bonds. The van der Waals surface area contributed by atoms with Gasteiger partial charge in [-0.1, -0.05) is 0 Å². The molecule has 1 saturated heterocycles. The van der Waals surface area contributed by atoms with Gasteiger partial charge in [-0.05, 0) is 40.8 Å². The largest absolute Gasteiger partial charge is 0.482 e. The lowest BCUT2D eigenvalue weighted by molar-refractivity contribution is -0.139. The van der Waals surface area contributed by atoms with E-state index in [1.54, 1.807) is 12.1 Å². The number of carboxylic acid groups (broad SMARTS) is 1. The number of aliphatic carboxylic acids is 1.